The van der Waals surface area contributed by atoms with E-state index < -0.39 is 0 Å². The Balaban J connectivity index is 3.25. The Bertz CT molecular complexity index is 357. The molecule has 0 heterocycles. The predicted octanol–water partition coefficient (Wildman–Crippen LogP) is 8.31. The second kappa shape index (κ2) is 23.0. The summed E-state index contributed by atoms with van der Waals surface area (Å²) in [6.07, 6.45) is 29.2. The molecule has 0 aromatic carbocycles. The SMILES string of the molecule is CCCCC/C=C\C/C=C\CCCCCCCC(=O)OCCCCCCC. The lowest BCUT2D eigenvalue weighted by molar-refractivity contribution is -0.143. The van der Waals surface area contributed by atoms with Crippen LogP contribution in [0.1, 0.15) is 123 Å². The van der Waals surface area contributed by atoms with Crippen LogP contribution in [0.3, 0.4) is 0 Å². The zero-order valence-electron chi connectivity index (χ0n) is 18.4. The number of allylic oxidation sites excluding steroid dienone is 4. The third-order valence-corrected chi connectivity index (χ3v) is 4.84. The number of hydrogen-bond donors (Lipinski definition) is 0. The van der Waals surface area contributed by atoms with Crippen LogP contribution in [-0.4, -0.2) is 12.6 Å². The summed E-state index contributed by atoms with van der Waals surface area (Å²) in [5, 5.41) is 0. The van der Waals surface area contributed by atoms with Gasteiger partial charge in [-0.25, -0.2) is 0 Å². The summed E-state index contributed by atoms with van der Waals surface area (Å²) >= 11 is 0. The van der Waals surface area contributed by atoms with E-state index in [0.29, 0.717) is 13.0 Å². The van der Waals surface area contributed by atoms with Gasteiger partial charge < -0.3 is 4.74 Å². The van der Waals surface area contributed by atoms with Gasteiger partial charge in [0.15, 0.2) is 0 Å². The van der Waals surface area contributed by atoms with Crippen molar-refractivity contribution in [2.45, 2.75) is 123 Å². The Morgan fingerprint density at radius 1 is 0.630 bits per heavy atom. The molecule has 0 bridgehead atoms. The van der Waals surface area contributed by atoms with Gasteiger partial charge in [-0.3, -0.25) is 4.79 Å². The first-order valence-corrected chi connectivity index (χ1v) is 11.8. The maximum absolute atomic E-state index is 11.6. The molecule has 2 heteroatoms. The van der Waals surface area contributed by atoms with Crippen molar-refractivity contribution in [3.8, 4) is 0 Å². The van der Waals surface area contributed by atoms with Gasteiger partial charge in [0.1, 0.15) is 0 Å². The van der Waals surface area contributed by atoms with E-state index in [1.165, 1.54) is 77.0 Å². The van der Waals surface area contributed by atoms with Crippen LogP contribution in [0, 0.1) is 0 Å². The van der Waals surface area contributed by atoms with E-state index in [2.05, 4.69) is 38.2 Å². The molecule has 0 amide bonds. The zero-order chi connectivity index (χ0) is 19.8. The van der Waals surface area contributed by atoms with Crippen molar-refractivity contribution in [1.29, 1.82) is 0 Å². The van der Waals surface area contributed by atoms with Gasteiger partial charge in [0.25, 0.3) is 0 Å². The number of unbranched alkanes of at least 4 members (excludes halogenated alkanes) is 12. The average molecular weight is 379 g/mol. The Morgan fingerprint density at radius 2 is 1.15 bits per heavy atom. The smallest absolute Gasteiger partial charge is 0.305 e. The standard InChI is InChI=1S/C25H46O2/c1-3-5-7-9-10-11-12-13-14-15-16-17-18-19-21-23-25(26)27-24-22-20-8-6-4-2/h10-11,13-14H,3-9,12,15-24H2,1-2H3/b11-10-,14-13-. The summed E-state index contributed by atoms with van der Waals surface area (Å²) in [6.45, 7) is 5.08. The lowest BCUT2D eigenvalue weighted by atomic mass is 10.1. The largest absolute Gasteiger partial charge is 0.466 e. The average Bonchev–Trinajstić information content (AvgIpc) is 2.67. The summed E-state index contributed by atoms with van der Waals surface area (Å²) in [6, 6.07) is 0. The van der Waals surface area contributed by atoms with E-state index >= 15 is 0 Å². The molecule has 0 aliphatic rings. The van der Waals surface area contributed by atoms with Crippen LogP contribution >= 0.6 is 0 Å². The number of rotatable bonds is 20. The highest BCUT2D eigenvalue weighted by Crippen LogP contribution is 2.09. The van der Waals surface area contributed by atoms with Crippen molar-refractivity contribution in [3.63, 3.8) is 0 Å². The molecule has 0 fully saturated rings. The summed E-state index contributed by atoms with van der Waals surface area (Å²) < 4.78 is 5.29. The van der Waals surface area contributed by atoms with Gasteiger partial charge in [-0.1, -0.05) is 95.9 Å². The first-order chi connectivity index (χ1) is 13.3. The van der Waals surface area contributed by atoms with Gasteiger partial charge in [0, 0.05) is 6.42 Å². The number of ether oxygens (including phenoxy) is 1. The van der Waals surface area contributed by atoms with Crippen LogP contribution in [0.4, 0.5) is 0 Å². The van der Waals surface area contributed by atoms with Gasteiger partial charge in [0.2, 0.25) is 0 Å². The highest BCUT2D eigenvalue weighted by atomic mass is 16.5. The lowest BCUT2D eigenvalue weighted by Crippen LogP contribution is -2.05. The van der Waals surface area contributed by atoms with E-state index in [1.807, 2.05) is 0 Å². The first-order valence-electron chi connectivity index (χ1n) is 11.8. The number of esters is 1. The number of carbonyl (C=O) groups excluding carboxylic acids is 1. The molecule has 2 nitrogen and oxygen atoms in total. The molecule has 0 aliphatic heterocycles. The highest BCUT2D eigenvalue weighted by Gasteiger charge is 2.02. The van der Waals surface area contributed by atoms with Crippen LogP contribution in [0.25, 0.3) is 0 Å². The second-order valence-corrected chi connectivity index (χ2v) is 7.62. The molecule has 0 N–H and O–H groups in total. The molecular weight excluding hydrogens is 332 g/mol. The summed E-state index contributed by atoms with van der Waals surface area (Å²) in [5.74, 6) is -0.00354. The molecule has 0 spiro atoms. The molecule has 0 aliphatic carbocycles. The monoisotopic (exact) mass is 378 g/mol. The van der Waals surface area contributed by atoms with Crippen LogP contribution in [0.5, 0.6) is 0 Å². The van der Waals surface area contributed by atoms with E-state index in [1.54, 1.807) is 0 Å². The molecule has 0 aromatic heterocycles. The van der Waals surface area contributed by atoms with Crippen LogP contribution in [0.15, 0.2) is 24.3 Å². The van der Waals surface area contributed by atoms with Gasteiger partial charge >= 0.3 is 5.97 Å². The second-order valence-electron chi connectivity index (χ2n) is 7.62. The third kappa shape index (κ3) is 22.9. The van der Waals surface area contributed by atoms with Crippen molar-refractivity contribution in [2.75, 3.05) is 6.61 Å². The van der Waals surface area contributed by atoms with Crippen molar-refractivity contribution in [2.24, 2.45) is 0 Å². The highest BCUT2D eigenvalue weighted by molar-refractivity contribution is 5.69. The van der Waals surface area contributed by atoms with Crippen molar-refractivity contribution >= 4 is 5.97 Å². The van der Waals surface area contributed by atoms with E-state index in [-0.39, 0.29) is 5.97 Å². The summed E-state index contributed by atoms with van der Waals surface area (Å²) in [5.41, 5.74) is 0. The Kier molecular flexibility index (Phi) is 22.1. The molecule has 0 rings (SSSR count). The molecule has 27 heavy (non-hydrogen) atoms. The normalized spacial score (nSPS) is 11.6. The topological polar surface area (TPSA) is 26.3 Å². The van der Waals surface area contributed by atoms with E-state index in [4.69, 9.17) is 4.74 Å². The Hall–Kier alpha value is -1.05. The zero-order valence-corrected chi connectivity index (χ0v) is 18.4. The van der Waals surface area contributed by atoms with Crippen molar-refractivity contribution in [3.05, 3.63) is 24.3 Å². The Labute approximate surface area is 169 Å². The van der Waals surface area contributed by atoms with Gasteiger partial charge in [0.05, 0.1) is 6.61 Å². The van der Waals surface area contributed by atoms with Crippen LogP contribution < -0.4 is 0 Å². The lowest BCUT2D eigenvalue weighted by Gasteiger charge is -2.05. The molecule has 0 unspecified atom stereocenters. The van der Waals surface area contributed by atoms with Crippen molar-refractivity contribution < 1.29 is 9.53 Å². The molecule has 158 valence electrons. The summed E-state index contributed by atoms with van der Waals surface area (Å²) in [4.78, 5) is 11.6. The fraction of sp³-hybridized carbons (Fsp3) is 0.800. The van der Waals surface area contributed by atoms with Gasteiger partial charge in [-0.15, -0.1) is 0 Å². The van der Waals surface area contributed by atoms with Gasteiger partial charge in [-0.2, -0.15) is 0 Å². The fourth-order valence-corrected chi connectivity index (χ4v) is 3.04. The minimum Gasteiger partial charge on any atom is -0.466 e. The maximum atomic E-state index is 11.6. The van der Waals surface area contributed by atoms with Crippen LogP contribution in [-0.2, 0) is 9.53 Å². The fourth-order valence-electron chi connectivity index (χ4n) is 3.04. The minimum absolute atomic E-state index is 0.00354. The van der Waals surface area contributed by atoms with Gasteiger partial charge in [-0.05, 0) is 44.9 Å². The third-order valence-electron chi connectivity index (χ3n) is 4.84. The molecular formula is C25H46O2. The number of carbonyl (C=O) groups is 1. The predicted molar refractivity (Wildman–Crippen MR) is 119 cm³/mol. The summed E-state index contributed by atoms with van der Waals surface area (Å²) in [7, 11) is 0. The molecule has 0 radical (unpaired) electrons. The minimum atomic E-state index is -0.00354. The number of hydrogen-bond acceptors (Lipinski definition) is 2. The van der Waals surface area contributed by atoms with Crippen molar-refractivity contribution in [1.82, 2.24) is 0 Å². The molecule has 0 saturated heterocycles. The molecule has 0 atom stereocenters. The maximum Gasteiger partial charge on any atom is 0.305 e. The molecule has 0 aromatic rings. The Morgan fingerprint density at radius 3 is 1.85 bits per heavy atom. The molecule has 0 saturated carbocycles. The quantitative estimate of drug-likeness (QED) is 0.121. The van der Waals surface area contributed by atoms with E-state index in [9.17, 15) is 4.79 Å². The van der Waals surface area contributed by atoms with E-state index in [0.717, 1.165) is 25.7 Å². The first kappa shape index (κ1) is 26.0. The van der Waals surface area contributed by atoms with Crippen LogP contribution in [0.2, 0.25) is 0 Å².